The van der Waals surface area contributed by atoms with E-state index in [1.165, 1.54) is 18.2 Å². The highest BCUT2D eigenvalue weighted by Crippen LogP contribution is 2.36. The van der Waals surface area contributed by atoms with Crippen molar-refractivity contribution in [3.8, 4) is 22.8 Å². The first-order valence-electron chi connectivity index (χ1n) is 9.56. The monoisotopic (exact) mass is 389 g/mol. The van der Waals surface area contributed by atoms with Crippen molar-refractivity contribution in [1.29, 1.82) is 0 Å². The van der Waals surface area contributed by atoms with Crippen LogP contribution in [0.2, 0.25) is 0 Å². The van der Waals surface area contributed by atoms with E-state index in [1.807, 2.05) is 32.0 Å². The number of nitrogens with two attached hydrogens (primary N) is 1. The Bertz CT molecular complexity index is 1110. The molecule has 2 heterocycles. The Hall–Kier alpha value is -3.54. The number of pyridine rings is 1. The third-order valence-corrected chi connectivity index (χ3v) is 5.41. The summed E-state index contributed by atoms with van der Waals surface area (Å²) in [4.78, 5) is 19.4. The predicted octanol–water partition coefficient (Wildman–Crippen LogP) is 4.03. The molecule has 6 heteroatoms. The lowest BCUT2D eigenvalue weighted by atomic mass is 9.92. The zero-order valence-corrected chi connectivity index (χ0v) is 16.4. The first-order valence-corrected chi connectivity index (χ1v) is 9.56. The second kappa shape index (κ2) is 7.13. The molecule has 0 unspecified atom stereocenters. The summed E-state index contributed by atoms with van der Waals surface area (Å²) in [6.07, 6.45) is 3.31. The van der Waals surface area contributed by atoms with Gasteiger partial charge in [0.1, 0.15) is 11.5 Å². The van der Waals surface area contributed by atoms with Crippen molar-refractivity contribution in [3.05, 3.63) is 65.4 Å². The summed E-state index contributed by atoms with van der Waals surface area (Å²) in [5, 5.41) is 19.7. The average Bonchev–Trinajstić information content (AvgIpc) is 2.67. The number of hydrogen-bond acceptors (Lipinski definition) is 5. The standard InChI is InChI=1S/C23H23N3O3/c1-13-9-17(24)12-25-22(13)16-5-8-20-15(10-16)4-3-14(2)26(20)23(29)19-7-6-18(27)11-21(19)28/h5-12,14,27-28H,3-4,24H2,1-2H3/t14-/m0/s1. The molecule has 0 spiro atoms. The molecule has 1 aromatic heterocycles. The maximum absolute atomic E-state index is 13.2. The van der Waals surface area contributed by atoms with Crippen LogP contribution in [0.25, 0.3) is 11.3 Å². The lowest BCUT2D eigenvalue weighted by molar-refractivity contribution is 0.0972. The number of nitrogens with zero attached hydrogens (tertiary/aromatic N) is 2. The SMILES string of the molecule is Cc1cc(N)cnc1-c1ccc2c(c1)CC[C@H](C)N2C(=O)c1ccc(O)cc1O. The molecule has 4 N–H and O–H groups in total. The highest BCUT2D eigenvalue weighted by atomic mass is 16.3. The van der Waals surface area contributed by atoms with Crippen LogP contribution in [-0.4, -0.2) is 27.1 Å². The zero-order valence-electron chi connectivity index (χ0n) is 16.4. The summed E-state index contributed by atoms with van der Waals surface area (Å²) in [5.41, 5.74) is 11.4. The van der Waals surface area contributed by atoms with E-state index in [0.29, 0.717) is 5.69 Å². The number of nitrogen functional groups attached to an aromatic ring is 1. The first-order chi connectivity index (χ1) is 13.8. The Labute approximate surface area is 169 Å². The largest absolute Gasteiger partial charge is 0.508 e. The van der Waals surface area contributed by atoms with Gasteiger partial charge in [0, 0.05) is 23.4 Å². The number of fused-ring (bicyclic) bond motifs is 1. The van der Waals surface area contributed by atoms with E-state index < -0.39 is 0 Å². The van der Waals surface area contributed by atoms with Crippen LogP contribution >= 0.6 is 0 Å². The third-order valence-electron chi connectivity index (χ3n) is 5.41. The lowest BCUT2D eigenvalue weighted by Crippen LogP contribution is -2.42. The first kappa shape index (κ1) is 18.8. The van der Waals surface area contributed by atoms with Crippen LogP contribution in [0.1, 0.15) is 34.8 Å². The number of phenols is 2. The minimum Gasteiger partial charge on any atom is -0.508 e. The molecule has 29 heavy (non-hydrogen) atoms. The smallest absolute Gasteiger partial charge is 0.262 e. The van der Waals surface area contributed by atoms with Crippen LogP contribution in [0.15, 0.2) is 48.7 Å². The Balaban J connectivity index is 1.75. The molecule has 0 fully saturated rings. The number of aromatic nitrogens is 1. The number of anilines is 2. The van der Waals surface area contributed by atoms with E-state index in [2.05, 4.69) is 11.1 Å². The van der Waals surface area contributed by atoms with Crippen molar-refractivity contribution in [1.82, 2.24) is 4.98 Å². The summed E-state index contributed by atoms with van der Waals surface area (Å²) in [7, 11) is 0. The molecule has 1 aliphatic heterocycles. The van der Waals surface area contributed by atoms with E-state index >= 15 is 0 Å². The molecule has 148 valence electrons. The quantitative estimate of drug-likeness (QED) is 0.614. The zero-order chi connectivity index (χ0) is 20.7. The van der Waals surface area contributed by atoms with Crippen molar-refractivity contribution in [2.24, 2.45) is 0 Å². The number of carbonyl (C=O) groups excluding carboxylic acids is 1. The maximum atomic E-state index is 13.2. The summed E-state index contributed by atoms with van der Waals surface area (Å²) in [5.74, 6) is -0.597. The van der Waals surface area contributed by atoms with Gasteiger partial charge in [0.2, 0.25) is 0 Å². The van der Waals surface area contributed by atoms with Crippen molar-refractivity contribution in [2.45, 2.75) is 32.7 Å². The van der Waals surface area contributed by atoms with Gasteiger partial charge in [0.15, 0.2) is 0 Å². The lowest BCUT2D eigenvalue weighted by Gasteiger charge is -2.35. The molecule has 0 saturated carbocycles. The fraction of sp³-hybridized carbons (Fsp3) is 0.217. The molecule has 1 atom stereocenters. The molecule has 0 aliphatic carbocycles. The minimum absolute atomic E-state index is 0.00885. The molecule has 0 saturated heterocycles. The summed E-state index contributed by atoms with van der Waals surface area (Å²) in [6, 6.07) is 11.9. The molecule has 2 aromatic carbocycles. The van der Waals surface area contributed by atoms with Crippen LogP contribution in [-0.2, 0) is 6.42 Å². The van der Waals surface area contributed by atoms with E-state index in [0.717, 1.165) is 40.9 Å². The summed E-state index contributed by atoms with van der Waals surface area (Å²) in [6.45, 7) is 3.97. The Kier molecular flexibility index (Phi) is 4.62. The van der Waals surface area contributed by atoms with Gasteiger partial charge < -0.3 is 20.8 Å². The van der Waals surface area contributed by atoms with E-state index in [-0.39, 0.29) is 29.0 Å². The number of rotatable bonds is 2. The Morgan fingerprint density at radius 1 is 1.17 bits per heavy atom. The van der Waals surface area contributed by atoms with Gasteiger partial charge in [-0.2, -0.15) is 0 Å². The van der Waals surface area contributed by atoms with E-state index in [1.54, 1.807) is 11.1 Å². The van der Waals surface area contributed by atoms with Gasteiger partial charge in [0.05, 0.1) is 23.1 Å². The van der Waals surface area contributed by atoms with Crippen molar-refractivity contribution >= 4 is 17.3 Å². The number of carbonyl (C=O) groups is 1. The second-order valence-electron chi connectivity index (χ2n) is 7.54. The minimum atomic E-state index is -0.287. The van der Waals surface area contributed by atoms with Gasteiger partial charge in [-0.25, -0.2) is 0 Å². The normalized spacial score (nSPS) is 15.8. The van der Waals surface area contributed by atoms with Gasteiger partial charge in [-0.05, 0) is 68.1 Å². The van der Waals surface area contributed by atoms with Crippen molar-refractivity contribution < 1.29 is 15.0 Å². The topological polar surface area (TPSA) is 99.7 Å². The Morgan fingerprint density at radius 3 is 2.69 bits per heavy atom. The summed E-state index contributed by atoms with van der Waals surface area (Å²) >= 11 is 0. The van der Waals surface area contributed by atoms with E-state index in [4.69, 9.17) is 5.73 Å². The molecule has 1 aliphatic rings. The fourth-order valence-electron chi connectivity index (χ4n) is 3.94. The molecule has 6 nitrogen and oxygen atoms in total. The van der Waals surface area contributed by atoms with E-state index in [9.17, 15) is 15.0 Å². The van der Waals surface area contributed by atoms with Gasteiger partial charge in [0.25, 0.3) is 5.91 Å². The molecule has 0 bridgehead atoms. The van der Waals surface area contributed by atoms with Crippen LogP contribution in [0, 0.1) is 6.92 Å². The number of aromatic hydroxyl groups is 2. The van der Waals surface area contributed by atoms with Crippen LogP contribution in [0.5, 0.6) is 11.5 Å². The number of aryl methyl sites for hydroxylation is 2. The van der Waals surface area contributed by atoms with Gasteiger partial charge in [-0.1, -0.05) is 6.07 Å². The fourth-order valence-corrected chi connectivity index (χ4v) is 3.94. The maximum Gasteiger partial charge on any atom is 0.262 e. The molecular weight excluding hydrogens is 366 g/mol. The van der Waals surface area contributed by atoms with Gasteiger partial charge in [-0.15, -0.1) is 0 Å². The number of hydrogen-bond donors (Lipinski definition) is 3. The Morgan fingerprint density at radius 2 is 1.97 bits per heavy atom. The van der Waals surface area contributed by atoms with Crippen molar-refractivity contribution in [2.75, 3.05) is 10.6 Å². The highest BCUT2D eigenvalue weighted by molar-refractivity contribution is 6.09. The third kappa shape index (κ3) is 3.38. The molecule has 0 radical (unpaired) electrons. The average molecular weight is 389 g/mol. The van der Waals surface area contributed by atoms with Gasteiger partial charge >= 0.3 is 0 Å². The van der Waals surface area contributed by atoms with Crippen LogP contribution < -0.4 is 10.6 Å². The molecular formula is C23H23N3O3. The number of phenolic OH excluding ortho intramolecular Hbond substituents is 2. The molecule has 4 rings (SSSR count). The second-order valence-corrected chi connectivity index (χ2v) is 7.54. The molecule has 1 amide bonds. The summed E-state index contributed by atoms with van der Waals surface area (Å²) < 4.78 is 0. The number of benzene rings is 2. The molecule has 3 aromatic rings. The van der Waals surface area contributed by atoms with Gasteiger partial charge in [-0.3, -0.25) is 9.78 Å². The predicted molar refractivity (Wildman–Crippen MR) is 113 cm³/mol. The number of amides is 1. The van der Waals surface area contributed by atoms with Crippen molar-refractivity contribution in [3.63, 3.8) is 0 Å². The van der Waals surface area contributed by atoms with Crippen LogP contribution in [0.3, 0.4) is 0 Å². The highest BCUT2D eigenvalue weighted by Gasteiger charge is 2.30. The van der Waals surface area contributed by atoms with Crippen LogP contribution in [0.4, 0.5) is 11.4 Å².